The third kappa shape index (κ3) is 7.87. The van der Waals surface area contributed by atoms with Crippen LogP contribution < -0.4 is 18.9 Å². The van der Waals surface area contributed by atoms with E-state index in [2.05, 4.69) is 9.44 Å². The molecule has 0 amide bonds. The molecule has 0 saturated carbocycles. The molecule has 14 heteroatoms. The minimum atomic E-state index is -3.78. The van der Waals surface area contributed by atoms with E-state index in [1.54, 1.807) is 12.1 Å². The van der Waals surface area contributed by atoms with Gasteiger partial charge >= 0.3 is 0 Å². The van der Waals surface area contributed by atoms with Crippen molar-refractivity contribution in [1.29, 1.82) is 0 Å². The topological polar surface area (TPSA) is 111 Å². The second-order valence-corrected chi connectivity index (χ2v) is 13.1. The SMILES string of the molecule is COc1ccc(Cl)cc1S(=O)(=O)NCCSSCCNS(=O)(=O)c1cc(Cl)ccc1OC. The Hall–Kier alpha value is -0.860. The Balaban J connectivity index is 1.75. The minimum Gasteiger partial charge on any atom is -0.495 e. The van der Waals surface area contributed by atoms with Gasteiger partial charge in [0.1, 0.15) is 21.3 Å². The monoisotopic (exact) mass is 560 g/mol. The number of rotatable bonds is 13. The smallest absolute Gasteiger partial charge is 0.244 e. The summed E-state index contributed by atoms with van der Waals surface area (Å²) in [5.41, 5.74) is 0. The fourth-order valence-corrected chi connectivity index (χ4v) is 7.42. The molecule has 2 N–H and O–H groups in total. The first kappa shape index (κ1) is 27.4. The van der Waals surface area contributed by atoms with E-state index >= 15 is 0 Å². The van der Waals surface area contributed by atoms with Crippen molar-refractivity contribution in [2.75, 3.05) is 38.8 Å². The summed E-state index contributed by atoms with van der Waals surface area (Å²) < 4.78 is 65.0. The second kappa shape index (κ2) is 12.6. The van der Waals surface area contributed by atoms with Crippen LogP contribution in [0.2, 0.25) is 10.0 Å². The fraction of sp³-hybridized carbons (Fsp3) is 0.333. The van der Waals surface area contributed by atoms with E-state index in [1.807, 2.05) is 0 Å². The van der Waals surface area contributed by atoms with Crippen molar-refractivity contribution in [1.82, 2.24) is 9.44 Å². The lowest BCUT2D eigenvalue weighted by atomic mass is 10.3. The summed E-state index contributed by atoms with van der Waals surface area (Å²) in [4.78, 5) is -0.0630. The number of halogens is 2. The predicted octanol–water partition coefficient (Wildman–Crippen LogP) is 3.65. The van der Waals surface area contributed by atoms with Crippen LogP contribution in [0.25, 0.3) is 0 Å². The number of benzene rings is 2. The fourth-order valence-electron chi connectivity index (χ4n) is 2.43. The van der Waals surface area contributed by atoms with Gasteiger partial charge in [-0.05, 0) is 36.4 Å². The van der Waals surface area contributed by atoms with E-state index in [0.29, 0.717) is 11.5 Å². The first-order chi connectivity index (χ1) is 15.1. The van der Waals surface area contributed by atoms with Gasteiger partial charge in [-0.1, -0.05) is 44.8 Å². The van der Waals surface area contributed by atoms with Crippen LogP contribution in [-0.4, -0.2) is 55.7 Å². The van der Waals surface area contributed by atoms with Crippen molar-refractivity contribution in [2.45, 2.75) is 9.79 Å². The summed E-state index contributed by atoms with van der Waals surface area (Å²) >= 11 is 11.8. The number of hydrogen-bond donors (Lipinski definition) is 2. The number of hydrogen-bond acceptors (Lipinski definition) is 8. The standard InChI is InChI=1S/C18H22Cl2N2O6S4/c1-27-15-5-3-13(19)11-17(15)31(23,24)21-7-9-29-30-10-8-22-32(25,26)18-12-14(20)4-6-16(18)28-2/h3-6,11-12,21-22H,7-10H2,1-2H3. The van der Waals surface area contributed by atoms with Gasteiger partial charge in [0, 0.05) is 34.6 Å². The van der Waals surface area contributed by atoms with Gasteiger partial charge in [-0.2, -0.15) is 0 Å². The summed E-state index contributed by atoms with van der Waals surface area (Å²) in [6.45, 7) is 0.363. The van der Waals surface area contributed by atoms with E-state index in [1.165, 1.54) is 60.1 Å². The first-order valence-electron chi connectivity index (χ1n) is 9.01. The number of methoxy groups -OCH3 is 2. The summed E-state index contributed by atoms with van der Waals surface area (Å²) in [6, 6.07) is 8.71. The molecule has 8 nitrogen and oxygen atoms in total. The van der Waals surface area contributed by atoms with E-state index in [-0.39, 0.29) is 44.4 Å². The molecule has 0 spiro atoms. The van der Waals surface area contributed by atoms with Gasteiger partial charge in [0.2, 0.25) is 20.0 Å². The van der Waals surface area contributed by atoms with Crippen LogP contribution in [0, 0.1) is 0 Å². The summed E-state index contributed by atoms with van der Waals surface area (Å²) in [5.74, 6) is 1.35. The average molecular weight is 562 g/mol. The Labute approximate surface area is 206 Å². The van der Waals surface area contributed by atoms with Crippen molar-refractivity contribution < 1.29 is 26.3 Å². The Morgan fingerprint density at radius 3 is 1.47 bits per heavy atom. The zero-order valence-corrected chi connectivity index (χ0v) is 21.9. The Kier molecular flexibility index (Phi) is 10.7. The quantitative estimate of drug-likeness (QED) is 0.282. The maximum atomic E-state index is 12.5. The minimum absolute atomic E-state index is 0.0315. The average Bonchev–Trinajstić information content (AvgIpc) is 2.75. The molecule has 0 aliphatic rings. The molecule has 32 heavy (non-hydrogen) atoms. The number of sulfonamides is 2. The lowest BCUT2D eigenvalue weighted by Crippen LogP contribution is -2.27. The molecule has 178 valence electrons. The van der Waals surface area contributed by atoms with Gasteiger partial charge in [0.05, 0.1) is 14.2 Å². The van der Waals surface area contributed by atoms with Gasteiger partial charge in [-0.25, -0.2) is 26.3 Å². The van der Waals surface area contributed by atoms with Crippen molar-refractivity contribution in [3.05, 3.63) is 46.4 Å². The predicted molar refractivity (Wildman–Crippen MR) is 131 cm³/mol. The molecular weight excluding hydrogens is 539 g/mol. The maximum Gasteiger partial charge on any atom is 0.244 e. The van der Waals surface area contributed by atoms with Crippen LogP contribution in [-0.2, 0) is 20.0 Å². The zero-order chi connectivity index (χ0) is 23.8. The van der Waals surface area contributed by atoms with Crippen LogP contribution in [0.1, 0.15) is 0 Å². The normalized spacial score (nSPS) is 12.0. The van der Waals surface area contributed by atoms with E-state index < -0.39 is 20.0 Å². The van der Waals surface area contributed by atoms with Gasteiger partial charge in [-0.15, -0.1) is 0 Å². The summed E-state index contributed by atoms with van der Waals surface area (Å²) in [6.07, 6.45) is 0. The molecule has 0 radical (unpaired) electrons. The summed E-state index contributed by atoms with van der Waals surface area (Å²) in [7, 11) is -1.98. The molecule has 2 aromatic carbocycles. The first-order valence-corrected chi connectivity index (χ1v) is 15.2. The molecule has 0 fully saturated rings. The van der Waals surface area contributed by atoms with Crippen LogP contribution in [0.3, 0.4) is 0 Å². The zero-order valence-electron chi connectivity index (χ0n) is 17.1. The molecule has 2 aromatic rings. The van der Waals surface area contributed by atoms with Gasteiger partial charge < -0.3 is 9.47 Å². The van der Waals surface area contributed by atoms with Gasteiger partial charge in [0.15, 0.2) is 0 Å². The van der Waals surface area contributed by atoms with Crippen LogP contribution in [0.4, 0.5) is 0 Å². The van der Waals surface area contributed by atoms with Gasteiger partial charge in [-0.3, -0.25) is 0 Å². The lowest BCUT2D eigenvalue weighted by molar-refractivity contribution is 0.402. The highest BCUT2D eigenvalue weighted by molar-refractivity contribution is 8.76. The van der Waals surface area contributed by atoms with Gasteiger partial charge in [0.25, 0.3) is 0 Å². The molecule has 0 aromatic heterocycles. The maximum absolute atomic E-state index is 12.5. The van der Waals surface area contributed by atoms with Crippen molar-refractivity contribution >= 4 is 64.8 Å². The molecule has 0 saturated heterocycles. The molecule has 0 aliphatic carbocycles. The van der Waals surface area contributed by atoms with E-state index in [9.17, 15) is 16.8 Å². The molecule has 0 atom stereocenters. The molecular formula is C18H22Cl2N2O6S4. The largest absolute Gasteiger partial charge is 0.495 e. The third-order valence-electron chi connectivity index (χ3n) is 3.87. The molecule has 2 rings (SSSR count). The van der Waals surface area contributed by atoms with E-state index in [4.69, 9.17) is 32.7 Å². The highest BCUT2D eigenvalue weighted by atomic mass is 35.5. The number of nitrogens with one attached hydrogen (secondary N) is 2. The molecule has 0 unspecified atom stereocenters. The van der Waals surface area contributed by atoms with Crippen molar-refractivity contribution in [3.63, 3.8) is 0 Å². The Bertz CT molecular complexity index is 1040. The van der Waals surface area contributed by atoms with Crippen LogP contribution >= 0.6 is 44.8 Å². The molecule has 0 aliphatic heterocycles. The van der Waals surface area contributed by atoms with Crippen LogP contribution in [0.5, 0.6) is 11.5 Å². The lowest BCUT2D eigenvalue weighted by Gasteiger charge is -2.11. The molecule has 0 heterocycles. The highest BCUT2D eigenvalue weighted by Crippen LogP contribution is 2.28. The highest BCUT2D eigenvalue weighted by Gasteiger charge is 2.20. The van der Waals surface area contributed by atoms with Crippen molar-refractivity contribution in [2.24, 2.45) is 0 Å². The van der Waals surface area contributed by atoms with Crippen molar-refractivity contribution in [3.8, 4) is 11.5 Å². The van der Waals surface area contributed by atoms with E-state index in [0.717, 1.165) is 0 Å². The Morgan fingerprint density at radius 1 is 0.750 bits per heavy atom. The Morgan fingerprint density at radius 2 is 1.12 bits per heavy atom. The third-order valence-corrected chi connectivity index (χ3v) is 9.71. The number of ether oxygens (including phenoxy) is 2. The summed E-state index contributed by atoms with van der Waals surface area (Å²) in [5, 5.41) is 0.572. The molecule has 0 bridgehead atoms. The second-order valence-electron chi connectivity index (χ2n) is 6.03. The van der Waals surface area contributed by atoms with Crippen LogP contribution in [0.15, 0.2) is 46.2 Å².